The maximum absolute atomic E-state index is 10.9. The van der Waals surface area contributed by atoms with Crippen LogP contribution in [-0.4, -0.2) is 11.9 Å². The van der Waals surface area contributed by atoms with Crippen molar-refractivity contribution in [3.8, 4) is 0 Å². The Bertz CT molecular complexity index is 407. The fourth-order valence-corrected chi connectivity index (χ4v) is 1.91. The van der Waals surface area contributed by atoms with Gasteiger partial charge in [0.1, 0.15) is 0 Å². The van der Waals surface area contributed by atoms with Gasteiger partial charge in [0.2, 0.25) is 5.91 Å². The zero-order valence-corrected chi connectivity index (χ0v) is 10.7. The van der Waals surface area contributed by atoms with Gasteiger partial charge in [0, 0.05) is 24.3 Å². The Morgan fingerprint density at radius 1 is 1.24 bits per heavy atom. The van der Waals surface area contributed by atoms with Crippen LogP contribution in [0.1, 0.15) is 33.6 Å². The van der Waals surface area contributed by atoms with Crippen LogP contribution >= 0.6 is 0 Å². The van der Waals surface area contributed by atoms with Gasteiger partial charge in [0.15, 0.2) is 0 Å². The van der Waals surface area contributed by atoms with Gasteiger partial charge in [-0.2, -0.15) is 0 Å². The summed E-state index contributed by atoms with van der Waals surface area (Å²) in [6.07, 6.45) is 2.62. The predicted octanol–water partition coefficient (Wildman–Crippen LogP) is 3.25. The van der Waals surface area contributed by atoms with E-state index in [4.69, 9.17) is 0 Å². The van der Waals surface area contributed by atoms with E-state index in [1.165, 1.54) is 19.8 Å². The zero-order valence-electron chi connectivity index (χ0n) is 10.7. The van der Waals surface area contributed by atoms with Crippen molar-refractivity contribution in [2.24, 2.45) is 5.41 Å². The molecular formula is C14H20N2O. The van der Waals surface area contributed by atoms with E-state index in [0.717, 1.165) is 11.4 Å². The molecule has 0 aliphatic heterocycles. The van der Waals surface area contributed by atoms with Crippen LogP contribution in [-0.2, 0) is 4.79 Å². The van der Waals surface area contributed by atoms with Crippen molar-refractivity contribution in [3.05, 3.63) is 24.3 Å². The van der Waals surface area contributed by atoms with E-state index in [9.17, 15) is 4.79 Å². The number of carbonyl (C=O) groups excluding carboxylic acids is 1. The van der Waals surface area contributed by atoms with Gasteiger partial charge < -0.3 is 10.6 Å². The topological polar surface area (TPSA) is 41.1 Å². The maximum atomic E-state index is 10.9. The number of rotatable bonds is 4. The quantitative estimate of drug-likeness (QED) is 0.836. The molecule has 0 aromatic heterocycles. The zero-order chi connectivity index (χ0) is 12.5. The van der Waals surface area contributed by atoms with Crippen molar-refractivity contribution in [1.29, 1.82) is 0 Å². The number of anilines is 2. The molecule has 0 heterocycles. The second kappa shape index (κ2) is 4.40. The molecule has 1 saturated carbocycles. The van der Waals surface area contributed by atoms with E-state index in [-0.39, 0.29) is 5.91 Å². The summed E-state index contributed by atoms with van der Waals surface area (Å²) in [4.78, 5) is 10.9. The lowest BCUT2D eigenvalue weighted by Crippen LogP contribution is -2.24. The number of hydrogen-bond donors (Lipinski definition) is 2. The molecule has 0 spiro atoms. The minimum atomic E-state index is -0.0374. The summed E-state index contributed by atoms with van der Waals surface area (Å²) in [6, 6.07) is 8.35. The number of carbonyl (C=O) groups is 1. The van der Waals surface area contributed by atoms with Gasteiger partial charge in [-0.25, -0.2) is 0 Å². The molecule has 1 atom stereocenters. The van der Waals surface area contributed by atoms with E-state index in [1.807, 2.05) is 24.3 Å². The normalized spacial score (nSPS) is 18.3. The Kier molecular flexibility index (Phi) is 3.09. The molecule has 1 fully saturated rings. The minimum absolute atomic E-state index is 0.0374. The molecule has 0 bridgehead atoms. The number of nitrogens with one attached hydrogen (secondary N) is 2. The molecule has 1 aromatic carbocycles. The van der Waals surface area contributed by atoms with Gasteiger partial charge in [-0.05, 0) is 49.4 Å². The molecule has 1 aromatic rings. The second-order valence-electron chi connectivity index (χ2n) is 5.28. The SMILES string of the molecule is CC(=O)Nc1ccc(NC(C)C2(C)CC2)cc1. The fraction of sp³-hybridized carbons (Fsp3) is 0.500. The molecule has 92 valence electrons. The first kappa shape index (κ1) is 12.0. The molecule has 1 amide bonds. The highest BCUT2D eigenvalue weighted by molar-refractivity contribution is 5.88. The van der Waals surface area contributed by atoms with Gasteiger partial charge in [-0.1, -0.05) is 6.92 Å². The molecule has 3 nitrogen and oxygen atoms in total. The highest BCUT2D eigenvalue weighted by Gasteiger charge is 2.42. The summed E-state index contributed by atoms with van der Waals surface area (Å²) in [5.74, 6) is -0.0374. The second-order valence-corrected chi connectivity index (χ2v) is 5.28. The van der Waals surface area contributed by atoms with Crippen LogP contribution in [0.4, 0.5) is 11.4 Å². The molecule has 1 unspecified atom stereocenters. The maximum Gasteiger partial charge on any atom is 0.221 e. The van der Waals surface area contributed by atoms with Gasteiger partial charge in [-0.15, -0.1) is 0 Å². The van der Waals surface area contributed by atoms with Crippen LogP contribution < -0.4 is 10.6 Å². The average molecular weight is 232 g/mol. The Balaban J connectivity index is 1.96. The van der Waals surface area contributed by atoms with E-state index in [0.29, 0.717) is 11.5 Å². The van der Waals surface area contributed by atoms with Gasteiger partial charge in [0.25, 0.3) is 0 Å². The molecule has 0 radical (unpaired) electrons. The first-order valence-electron chi connectivity index (χ1n) is 6.14. The summed E-state index contributed by atoms with van der Waals surface area (Å²) in [7, 11) is 0. The van der Waals surface area contributed by atoms with Crippen molar-refractivity contribution in [2.75, 3.05) is 10.6 Å². The molecule has 0 saturated heterocycles. The summed E-state index contributed by atoms with van der Waals surface area (Å²) in [5, 5.41) is 6.27. The van der Waals surface area contributed by atoms with Crippen molar-refractivity contribution in [1.82, 2.24) is 0 Å². The third-order valence-corrected chi connectivity index (χ3v) is 3.67. The van der Waals surface area contributed by atoms with E-state index >= 15 is 0 Å². The van der Waals surface area contributed by atoms with Crippen LogP contribution in [0.3, 0.4) is 0 Å². The molecule has 3 heteroatoms. The molecule has 2 N–H and O–H groups in total. The molecule has 1 aliphatic rings. The lowest BCUT2D eigenvalue weighted by molar-refractivity contribution is -0.114. The standard InChI is InChI=1S/C14H20N2O/c1-10(14(3)8-9-14)15-12-4-6-13(7-5-12)16-11(2)17/h4-7,10,15H,8-9H2,1-3H3,(H,16,17). The lowest BCUT2D eigenvalue weighted by Gasteiger charge is -2.21. The van der Waals surface area contributed by atoms with E-state index in [2.05, 4.69) is 24.5 Å². The predicted molar refractivity (Wildman–Crippen MR) is 71.2 cm³/mol. The summed E-state index contributed by atoms with van der Waals surface area (Å²) >= 11 is 0. The van der Waals surface area contributed by atoms with E-state index < -0.39 is 0 Å². The van der Waals surface area contributed by atoms with Crippen LogP contribution in [0.2, 0.25) is 0 Å². The summed E-state index contributed by atoms with van der Waals surface area (Å²) in [6.45, 7) is 6.06. The Labute approximate surface area is 103 Å². The van der Waals surface area contributed by atoms with Crippen LogP contribution in [0.5, 0.6) is 0 Å². The van der Waals surface area contributed by atoms with E-state index in [1.54, 1.807) is 0 Å². The van der Waals surface area contributed by atoms with Crippen molar-refractivity contribution < 1.29 is 4.79 Å². The van der Waals surface area contributed by atoms with Crippen molar-refractivity contribution in [2.45, 2.75) is 39.7 Å². The monoisotopic (exact) mass is 232 g/mol. The van der Waals surface area contributed by atoms with Crippen LogP contribution in [0.15, 0.2) is 24.3 Å². The van der Waals surface area contributed by atoms with Crippen LogP contribution in [0.25, 0.3) is 0 Å². The Hall–Kier alpha value is -1.51. The van der Waals surface area contributed by atoms with Crippen molar-refractivity contribution in [3.63, 3.8) is 0 Å². The summed E-state index contributed by atoms with van der Waals surface area (Å²) in [5.41, 5.74) is 2.42. The largest absolute Gasteiger partial charge is 0.382 e. The number of benzene rings is 1. The van der Waals surface area contributed by atoms with Gasteiger partial charge in [-0.3, -0.25) is 4.79 Å². The highest BCUT2D eigenvalue weighted by atomic mass is 16.1. The minimum Gasteiger partial charge on any atom is -0.382 e. The molecule has 17 heavy (non-hydrogen) atoms. The van der Waals surface area contributed by atoms with Gasteiger partial charge in [0.05, 0.1) is 0 Å². The molecule has 2 rings (SSSR count). The smallest absolute Gasteiger partial charge is 0.221 e. The number of amides is 1. The third kappa shape index (κ3) is 2.99. The lowest BCUT2D eigenvalue weighted by atomic mass is 10.0. The van der Waals surface area contributed by atoms with Crippen LogP contribution in [0, 0.1) is 5.41 Å². The Morgan fingerprint density at radius 3 is 2.24 bits per heavy atom. The fourth-order valence-electron chi connectivity index (χ4n) is 1.91. The Morgan fingerprint density at radius 2 is 1.76 bits per heavy atom. The van der Waals surface area contributed by atoms with Gasteiger partial charge >= 0.3 is 0 Å². The average Bonchev–Trinajstić information content (AvgIpc) is 3.00. The van der Waals surface area contributed by atoms with Crippen molar-refractivity contribution >= 4 is 17.3 Å². The number of hydrogen-bond acceptors (Lipinski definition) is 2. The third-order valence-electron chi connectivity index (χ3n) is 3.67. The first-order chi connectivity index (χ1) is 7.99. The summed E-state index contributed by atoms with van der Waals surface area (Å²) < 4.78 is 0. The highest BCUT2D eigenvalue weighted by Crippen LogP contribution is 2.48. The first-order valence-corrected chi connectivity index (χ1v) is 6.14. The molecule has 1 aliphatic carbocycles. The molecular weight excluding hydrogens is 212 g/mol.